The highest BCUT2D eigenvalue weighted by atomic mass is 32.1. The Morgan fingerprint density at radius 2 is 2.10 bits per heavy atom. The molecule has 4 rings (SSSR count). The van der Waals surface area contributed by atoms with E-state index in [4.69, 9.17) is 9.15 Å². The van der Waals surface area contributed by atoms with Crippen molar-refractivity contribution >= 4 is 22.4 Å². The highest BCUT2D eigenvalue weighted by Gasteiger charge is 2.34. The molecule has 4 heterocycles. The number of fused-ring (bicyclic) bond motifs is 1. The van der Waals surface area contributed by atoms with Crippen LogP contribution in [-0.2, 0) is 4.74 Å². The zero-order chi connectivity index (χ0) is 21.5. The number of rotatable bonds is 4. The number of amides is 1. The van der Waals surface area contributed by atoms with Crippen LogP contribution in [0.3, 0.4) is 0 Å². The third-order valence-electron chi connectivity index (χ3n) is 5.03. The van der Waals surface area contributed by atoms with E-state index in [9.17, 15) is 9.90 Å². The maximum absolute atomic E-state index is 12.1. The Bertz CT molecular complexity index is 1030. The number of aryl methyl sites for hydroxylation is 1. The van der Waals surface area contributed by atoms with Gasteiger partial charge in [0.15, 0.2) is 0 Å². The number of likely N-dealkylation sites (tertiary alicyclic amines) is 1. The fourth-order valence-electron chi connectivity index (χ4n) is 3.72. The number of hydrogen-bond acceptors (Lipinski definition) is 8. The molecule has 0 radical (unpaired) electrons. The molecule has 3 aromatic heterocycles. The second-order valence-corrected chi connectivity index (χ2v) is 9.56. The molecular formula is C20H27N5O4S. The lowest BCUT2D eigenvalue weighted by molar-refractivity contribution is 0.0470. The predicted molar refractivity (Wildman–Crippen MR) is 112 cm³/mol. The molecule has 1 amide bonds. The standard InChI is InChI=1S/C20H27N5O4S/c1-12-5-6-14(28-12)15(16-17(26)25-18(30-16)21-11-22-25)24-9-7-13(8-10-24)23-19(27)29-20(2,3)4/h5-6,11,13,15,26H,7-10H2,1-4H3,(H,23,27). The number of furan rings is 1. The van der Waals surface area contributed by atoms with Gasteiger partial charge in [-0.1, -0.05) is 11.3 Å². The molecule has 30 heavy (non-hydrogen) atoms. The molecule has 9 nitrogen and oxygen atoms in total. The van der Waals surface area contributed by atoms with Crippen LogP contribution in [0.2, 0.25) is 0 Å². The average molecular weight is 434 g/mol. The van der Waals surface area contributed by atoms with Gasteiger partial charge in [0.1, 0.15) is 29.5 Å². The maximum atomic E-state index is 12.1. The van der Waals surface area contributed by atoms with E-state index in [1.54, 1.807) is 0 Å². The van der Waals surface area contributed by atoms with Crippen molar-refractivity contribution in [2.75, 3.05) is 13.1 Å². The highest BCUT2D eigenvalue weighted by Crippen LogP contribution is 2.41. The second-order valence-electron chi connectivity index (χ2n) is 8.55. The van der Waals surface area contributed by atoms with E-state index in [0.29, 0.717) is 4.96 Å². The summed E-state index contributed by atoms with van der Waals surface area (Å²) in [6.45, 7) is 8.93. The number of carbonyl (C=O) groups is 1. The van der Waals surface area contributed by atoms with E-state index in [2.05, 4.69) is 20.3 Å². The number of ether oxygens (including phenoxy) is 1. The molecule has 0 bridgehead atoms. The fourth-order valence-corrected chi connectivity index (χ4v) is 4.80. The SMILES string of the molecule is Cc1ccc(C(c2sc3ncnn3c2O)N2CCC(NC(=O)OC(C)(C)C)CC2)o1. The first kappa shape index (κ1) is 20.7. The molecule has 2 N–H and O–H groups in total. The minimum atomic E-state index is -0.519. The lowest BCUT2D eigenvalue weighted by Crippen LogP contribution is -2.47. The molecule has 0 aliphatic carbocycles. The summed E-state index contributed by atoms with van der Waals surface area (Å²) in [5.74, 6) is 1.67. The Kier molecular flexibility index (Phi) is 5.46. The molecule has 1 aliphatic heterocycles. The molecule has 0 saturated carbocycles. The molecule has 0 aromatic carbocycles. The number of hydrogen-bond donors (Lipinski definition) is 2. The van der Waals surface area contributed by atoms with Crippen molar-refractivity contribution in [2.45, 2.75) is 58.2 Å². The second kappa shape index (κ2) is 7.92. The molecule has 1 unspecified atom stereocenters. The quantitative estimate of drug-likeness (QED) is 0.649. The van der Waals surface area contributed by atoms with Crippen molar-refractivity contribution in [1.29, 1.82) is 0 Å². The summed E-state index contributed by atoms with van der Waals surface area (Å²) in [6, 6.07) is 3.67. The van der Waals surface area contributed by atoms with Gasteiger partial charge in [-0.25, -0.2) is 9.78 Å². The summed E-state index contributed by atoms with van der Waals surface area (Å²) in [7, 11) is 0. The Hall–Kier alpha value is -2.59. The van der Waals surface area contributed by atoms with Crippen LogP contribution in [0, 0.1) is 6.92 Å². The van der Waals surface area contributed by atoms with Crippen molar-refractivity contribution < 1.29 is 19.1 Å². The lowest BCUT2D eigenvalue weighted by atomic mass is 10.0. The van der Waals surface area contributed by atoms with Crippen molar-refractivity contribution in [3.05, 3.63) is 34.9 Å². The molecule has 1 fully saturated rings. The summed E-state index contributed by atoms with van der Waals surface area (Å²) in [5, 5.41) is 17.8. The minimum absolute atomic E-state index is 0.0472. The molecule has 1 aliphatic rings. The van der Waals surface area contributed by atoms with Crippen LogP contribution in [0.15, 0.2) is 22.9 Å². The zero-order valence-electron chi connectivity index (χ0n) is 17.6. The topological polar surface area (TPSA) is 105 Å². The molecule has 162 valence electrons. The normalized spacial score (nSPS) is 17.3. The summed E-state index contributed by atoms with van der Waals surface area (Å²) in [4.78, 5) is 19.9. The van der Waals surface area contributed by atoms with Crippen LogP contribution in [0.5, 0.6) is 5.88 Å². The maximum Gasteiger partial charge on any atom is 0.407 e. The number of piperidine rings is 1. The van der Waals surface area contributed by atoms with Crippen LogP contribution >= 0.6 is 11.3 Å². The molecule has 10 heteroatoms. The van der Waals surface area contributed by atoms with Crippen molar-refractivity contribution in [1.82, 2.24) is 24.8 Å². The van der Waals surface area contributed by atoms with E-state index in [-0.39, 0.29) is 24.1 Å². The van der Waals surface area contributed by atoms with Crippen molar-refractivity contribution in [3.63, 3.8) is 0 Å². The van der Waals surface area contributed by atoms with Gasteiger partial charge >= 0.3 is 6.09 Å². The Morgan fingerprint density at radius 1 is 1.37 bits per heavy atom. The van der Waals surface area contributed by atoms with Gasteiger partial charge in [-0.05, 0) is 52.7 Å². The first-order chi connectivity index (χ1) is 14.2. The minimum Gasteiger partial charge on any atom is -0.492 e. The molecular weight excluding hydrogens is 406 g/mol. The largest absolute Gasteiger partial charge is 0.492 e. The Morgan fingerprint density at radius 3 is 2.70 bits per heavy atom. The molecule has 1 atom stereocenters. The predicted octanol–water partition coefficient (Wildman–Crippen LogP) is 3.48. The number of thiazole rings is 1. The van der Waals surface area contributed by atoms with Gasteiger partial charge in [-0.3, -0.25) is 4.90 Å². The van der Waals surface area contributed by atoms with Crippen LogP contribution in [0.25, 0.3) is 4.96 Å². The van der Waals surface area contributed by atoms with Crippen LogP contribution in [-0.4, -0.2) is 55.4 Å². The van der Waals surface area contributed by atoms with E-state index in [1.165, 1.54) is 22.2 Å². The first-order valence-electron chi connectivity index (χ1n) is 10.0. The average Bonchev–Trinajstić information content (AvgIpc) is 3.35. The number of alkyl carbamates (subject to hydrolysis) is 1. The molecule has 1 saturated heterocycles. The third-order valence-corrected chi connectivity index (χ3v) is 6.12. The van der Waals surface area contributed by atoms with Crippen LogP contribution in [0.1, 0.15) is 56.1 Å². The monoisotopic (exact) mass is 433 g/mol. The number of aromatic hydroxyl groups is 1. The van der Waals surface area contributed by atoms with E-state index in [1.807, 2.05) is 39.8 Å². The summed E-state index contributed by atoms with van der Waals surface area (Å²) in [5.41, 5.74) is -0.519. The van der Waals surface area contributed by atoms with Crippen molar-refractivity contribution in [2.24, 2.45) is 0 Å². The Labute approximate surface area is 178 Å². The van der Waals surface area contributed by atoms with E-state index < -0.39 is 5.60 Å². The Balaban J connectivity index is 1.51. The fraction of sp³-hybridized carbons (Fsp3) is 0.550. The van der Waals surface area contributed by atoms with Gasteiger partial charge in [0.2, 0.25) is 10.8 Å². The summed E-state index contributed by atoms with van der Waals surface area (Å²) >= 11 is 1.40. The van der Waals surface area contributed by atoms with Gasteiger partial charge in [0.25, 0.3) is 0 Å². The first-order valence-corrected chi connectivity index (χ1v) is 10.8. The van der Waals surface area contributed by atoms with Gasteiger partial charge in [0.05, 0.1) is 4.88 Å². The zero-order valence-corrected chi connectivity index (χ0v) is 18.4. The lowest BCUT2D eigenvalue weighted by Gasteiger charge is -2.36. The smallest absolute Gasteiger partial charge is 0.407 e. The summed E-state index contributed by atoms with van der Waals surface area (Å²) < 4.78 is 12.8. The van der Waals surface area contributed by atoms with Crippen LogP contribution in [0.4, 0.5) is 4.79 Å². The molecule has 0 spiro atoms. The van der Waals surface area contributed by atoms with Gasteiger partial charge in [-0.15, -0.1) is 0 Å². The van der Waals surface area contributed by atoms with Gasteiger partial charge < -0.3 is 19.6 Å². The summed E-state index contributed by atoms with van der Waals surface area (Å²) in [6.07, 6.45) is 2.59. The highest BCUT2D eigenvalue weighted by molar-refractivity contribution is 7.17. The van der Waals surface area contributed by atoms with E-state index >= 15 is 0 Å². The van der Waals surface area contributed by atoms with E-state index in [0.717, 1.165) is 42.3 Å². The third kappa shape index (κ3) is 4.29. The number of nitrogens with one attached hydrogen (secondary N) is 1. The van der Waals surface area contributed by atoms with Crippen LogP contribution < -0.4 is 5.32 Å². The van der Waals surface area contributed by atoms with Crippen molar-refractivity contribution in [3.8, 4) is 5.88 Å². The molecule has 3 aromatic rings. The van der Waals surface area contributed by atoms with Gasteiger partial charge in [-0.2, -0.15) is 9.61 Å². The number of carbonyl (C=O) groups excluding carboxylic acids is 1. The number of aromatic nitrogens is 3. The number of nitrogens with zero attached hydrogens (tertiary/aromatic N) is 4. The van der Waals surface area contributed by atoms with Gasteiger partial charge in [0, 0.05) is 19.1 Å².